The zero-order valence-electron chi connectivity index (χ0n) is 11.3. The van der Waals surface area contributed by atoms with Gasteiger partial charge in [-0.2, -0.15) is 4.31 Å². The number of benzene rings is 1. The summed E-state index contributed by atoms with van der Waals surface area (Å²) in [6.07, 6.45) is 0.843. The van der Waals surface area contributed by atoms with Gasteiger partial charge in [0.05, 0.1) is 15.9 Å². The quantitative estimate of drug-likeness (QED) is 0.654. The minimum Gasteiger partial charge on any atom is -0.481 e. The number of halogens is 1. The number of sulfonamides is 1. The molecule has 1 atom stereocenters. The molecule has 1 N–H and O–H groups in total. The summed E-state index contributed by atoms with van der Waals surface area (Å²) in [5, 5.41) is 19.4. The molecule has 1 aromatic carbocycles. The van der Waals surface area contributed by atoms with E-state index in [4.69, 9.17) is 16.7 Å². The third-order valence-electron chi connectivity index (χ3n) is 3.48. The molecule has 1 unspecified atom stereocenters. The molecule has 10 heteroatoms. The van der Waals surface area contributed by atoms with E-state index in [1.54, 1.807) is 0 Å². The van der Waals surface area contributed by atoms with Crippen molar-refractivity contribution in [1.82, 2.24) is 4.31 Å². The lowest BCUT2D eigenvalue weighted by atomic mass is 10.0. The van der Waals surface area contributed by atoms with E-state index in [9.17, 15) is 23.3 Å². The van der Waals surface area contributed by atoms with Crippen molar-refractivity contribution in [3.63, 3.8) is 0 Å². The van der Waals surface area contributed by atoms with Gasteiger partial charge in [-0.15, -0.1) is 0 Å². The third kappa shape index (κ3) is 3.21. The lowest BCUT2D eigenvalue weighted by Crippen LogP contribution is -2.42. The van der Waals surface area contributed by atoms with E-state index in [1.165, 1.54) is 0 Å². The molecule has 1 aliphatic rings. The largest absolute Gasteiger partial charge is 0.481 e. The Labute approximate surface area is 131 Å². The van der Waals surface area contributed by atoms with E-state index < -0.39 is 26.8 Å². The molecule has 1 aliphatic heterocycles. The van der Waals surface area contributed by atoms with Crippen molar-refractivity contribution >= 4 is 33.3 Å². The summed E-state index contributed by atoms with van der Waals surface area (Å²) in [5.74, 6) is -1.81. The Morgan fingerprint density at radius 2 is 2.14 bits per heavy atom. The highest BCUT2D eigenvalue weighted by atomic mass is 35.5. The predicted molar refractivity (Wildman–Crippen MR) is 77.2 cm³/mol. The van der Waals surface area contributed by atoms with Crippen molar-refractivity contribution in [1.29, 1.82) is 0 Å². The first-order chi connectivity index (χ1) is 10.2. The number of nitro benzene ring substituents is 1. The summed E-state index contributed by atoms with van der Waals surface area (Å²) in [6.45, 7) is 0.0599. The summed E-state index contributed by atoms with van der Waals surface area (Å²) < 4.78 is 26.1. The summed E-state index contributed by atoms with van der Waals surface area (Å²) in [6, 6.07) is 3.09. The van der Waals surface area contributed by atoms with Crippen molar-refractivity contribution in [2.45, 2.75) is 17.7 Å². The van der Waals surface area contributed by atoms with Gasteiger partial charge in [0.1, 0.15) is 4.90 Å². The zero-order valence-corrected chi connectivity index (χ0v) is 12.9. The SMILES string of the molecule is O=C(O)C1CCCN(S(=O)(=O)c2ccc([N+](=O)[O-])cc2Cl)C1. The van der Waals surface area contributed by atoms with Crippen molar-refractivity contribution in [2.75, 3.05) is 13.1 Å². The highest BCUT2D eigenvalue weighted by Crippen LogP contribution is 2.30. The number of rotatable bonds is 4. The van der Waals surface area contributed by atoms with Gasteiger partial charge in [0.2, 0.25) is 10.0 Å². The second-order valence-corrected chi connectivity index (χ2v) is 7.23. The average molecular weight is 349 g/mol. The van der Waals surface area contributed by atoms with Crippen LogP contribution >= 0.6 is 11.6 Å². The van der Waals surface area contributed by atoms with Gasteiger partial charge in [-0.3, -0.25) is 14.9 Å². The number of nitrogens with zero attached hydrogens (tertiary/aromatic N) is 2. The van der Waals surface area contributed by atoms with Crippen molar-refractivity contribution < 1.29 is 23.2 Å². The van der Waals surface area contributed by atoms with E-state index in [0.717, 1.165) is 22.5 Å². The molecule has 0 bridgehead atoms. The number of nitro groups is 1. The molecule has 2 rings (SSSR count). The maximum Gasteiger partial charge on any atom is 0.307 e. The fourth-order valence-corrected chi connectivity index (χ4v) is 4.35. The standard InChI is InChI=1S/C12H13ClN2O6S/c13-10-6-9(15(18)19)3-4-11(10)22(20,21)14-5-1-2-8(7-14)12(16)17/h3-4,6,8H,1-2,5,7H2,(H,16,17). The fourth-order valence-electron chi connectivity index (χ4n) is 2.31. The first kappa shape index (κ1) is 16.7. The third-order valence-corrected chi connectivity index (χ3v) is 5.83. The van der Waals surface area contributed by atoms with Gasteiger partial charge in [0.15, 0.2) is 0 Å². The van der Waals surface area contributed by atoms with Gasteiger partial charge in [-0.25, -0.2) is 8.42 Å². The van der Waals surface area contributed by atoms with E-state index in [1.807, 2.05) is 0 Å². The van der Waals surface area contributed by atoms with E-state index in [-0.39, 0.29) is 28.7 Å². The molecule has 1 saturated heterocycles. The van der Waals surface area contributed by atoms with Crippen LogP contribution in [0.3, 0.4) is 0 Å². The van der Waals surface area contributed by atoms with E-state index in [2.05, 4.69) is 0 Å². The molecule has 0 aliphatic carbocycles. The molecule has 1 fully saturated rings. The Hall–Kier alpha value is -1.71. The van der Waals surface area contributed by atoms with Gasteiger partial charge in [-0.1, -0.05) is 11.6 Å². The highest BCUT2D eigenvalue weighted by Gasteiger charge is 2.34. The first-order valence-electron chi connectivity index (χ1n) is 6.40. The first-order valence-corrected chi connectivity index (χ1v) is 8.22. The number of non-ortho nitro benzene ring substituents is 1. The number of aliphatic carboxylic acids is 1. The van der Waals surface area contributed by atoms with Crippen LogP contribution in [0, 0.1) is 16.0 Å². The Kier molecular flexibility index (Phi) is 4.69. The summed E-state index contributed by atoms with van der Waals surface area (Å²) >= 11 is 5.85. The molecule has 0 radical (unpaired) electrons. The van der Waals surface area contributed by atoms with E-state index >= 15 is 0 Å². The average Bonchev–Trinajstić information content (AvgIpc) is 2.46. The second kappa shape index (κ2) is 6.19. The molecule has 0 aromatic heterocycles. The Bertz CT molecular complexity index is 720. The summed E-state index contributed by atoms with van der Waals surface area (Å²) in [4.78, 5) is 20.7. The lowest BCUT2D eigenvalue weighted by molar-refractivity contribution is -0.384. The lowest BCUT2D eigenvalue weighted by Gasteiger charge is -2.30. The molecule has 1 aromatic rings. The van der Waals surface area contributed by atoms with Crippen molar-refractivity contribution in [3.8, 4) is 0 Å². The maximum atomic E-state index is 12.5. The van der Waals surface area contributed by atoms with Crippen LogP contribution in [-0.2, 0) is 14.8 Å². The van der Waals surface area contributed by atoms with Gasteiger partial charge < -0.3 is 5.11 Å². The molecule has 8 nitrogen and oxygen atoms in total. The highest BCUT2D eigenvalue weighted by molar-refractivity contribution is 7.89. The molecule has 22 heavy (non-hydrogen) atoms. The summed E-state index contributed by atoms with van der Waals surface area (Å²) in [7, 11) is -3.99. The molecule has 0 spiro atoms. The number of carboxylic acid groups (broad SMARTS) is 1. The molecular formula is C12H13ClN2O6S. The van der Waals surface area contributed by atoms with Crippen LogP contribution in [0.2, 0.25) is 5.02 Å². The number of carbonyl (C=O) groups is 1. The topological polar surface area (TPSA) is 118 Å². The van der Waals surface area contributed by atoms with Crippen LogP contribution < -0.4 is 0 Å². The van der Waals surface area contributed by atoms with Gasteiger partial charge in [-0.05, 0) is 18.9 Å². The molecule has 0 saturated carbocycles. The van der Waals surface area contributed by atoms with E-state index in [0.29, 0.717) is 12.8 Å². The molecule has 120 valence electrons. The normalized spacial score (nSPS) is 19.8. The van der Waals surface area contributed by atoms with Gasteiger partial charge in [0, 0.05) is 25.2 Å². The minimum absolute atomic E-state index is 0.134. The maximum absolute atomic E-state index is 12.5. The Morgan fingerprint density at radius 1 is 1.45 bits per heavy atom. The molecule has 1 heterocycles. The Morgan fingerprint density at radius 3 is 2.68 bits per heavy atom. The van der Waals surface area contributed by atoms with Crippen LogP contribution in [0.1, 0.15) is 12.8 Å². The predicted octanol–water partition coefficient (Wildman–Crippen LogP) is 1.73. The number of carboxylic acids is 1. The second-order valence-electron chi connectivity index (χ2n) is 4.91. The smallest absolute Gasteiger partial charge is 0.307 e. The van der Waals surface area contributed by atoms with Crippen LogP contribution in [-0.4, -0.2) is 41.8 Å². The number of hydrogen-bond acceptors (Lipinski definition) is 5. The van der Waals surface area contributed by atoms with Crippen LogP contribution in [0.15, 0.2) is 23.1 Å². The van der Waals surface area contributed by atoms with Gasteiger partial charge >= 0.3 is 5.97 Å². The van der Waals surface area contributed by atoms with Crippen LogP contribution in [0.5, 0.6) is 0 Å². The molecular weight excluding hydrogens is 336 g/mol. The minimum atomic E-state index is -3.99. The van der Waals surface area contributed by atoms with Gasteiger partial charge in [0.25, 0.3) is 5.69 Å². The molecule has 0 amide bonds. The van der Waals surface area contributed by atoms with Crippen LogP contribution in [0.25, 0.3) is 0 Å². The monoisotopic (exact) mass is 348 g/mol. The Balaban J connectivity index is 2.34. The zero-order chi connectivity index (χ0) is 16.5. The number of hydrogen-bond donors (Lipinski definition) is 1. The van der Waals surface area contributed by atoms with Crippen LogP contribution in [0.4, 0.5) is 5.69 Å². The van der Waals surface area contributed by atoms with Crippen molar-refractivity contribution in [3.05, 3.63) is 33.3 Å². The fraction of sp³-hybridized carbons (Fsp3) is 0.417. The van der Waals surface area contributed by atoms with Crippen molar-refractivity contribution in [2.24, 2.45) is 5.92 Å². The number of piperidine rings is 1. The summed E-state index contributed by atoms with van der Waals surface area (Å²) in [5.41, 5.74) is -0.314.